The molecule has 0 aromatic carbocycles. The van der Waals surface area contributed by atoms with Gasteiger partial charge in [0.2, 0.25) is 5.13 Å². The van der Waals surface area contributed by atoms with Crippen LogP contribution in [0.4, 0.5) is 5.13 Å². The zero-order chi connectivity index (χ0) is 15.8. The van der Waals surface area contributed by atoms with Gasteiger partial charge in [-0.2, -0.15) is 5.26 Å². The number of aromatic nitrogens is 2. The number of ether oxygens (including phenoxy) is 1. The lowest BCUT2D eigenvalue weighted by Gasteiger charge is -1.99. The van der Waals surface area contributed by atoms with Gasteiger partial charge in [-0.05, 0) is 18.4 Å². The quantitative estimate of drug-likeness (QED) is 0.354. The average Bonchev–Trinajstić information content (AvgIpc) is 3.17. The maximum atomic E-state index is 11.4. The van der Waals surface area contributed by atoms with E-state index < -0.39 is 5.97 Å². The number of esters is 1. The van der Waals surface area contributed by atoms with Crippen LogP contribution >= 0.6 is 34.4 Å². The molecule has 0 atom stereocenters. The number of nitrogens with one attached hydrogen (secondary N) is 1. The van der Waals surface area contributed by atoms with Crippen molar-refractivity contribution in [2.75, 3.05) is 11.9 Å². The van der Waals surface area contributed by atoms with Crippen LogP contribution in [0.5, 0.6) is 0 Å². The molecule has 6 nitrogen and oxygen atoms in total. The number of carbonyl (C=O) groups excluding carboxylic acids is 1. The first kappa shape index (κ1) is 16.5. The van der Waals surface area contributed by atoms with Crippen LogP contribution in [0.3, 0.4) is 0 Å². The third-order valence-electron chi connectivity index (χ3n) is 2.28. The van der Waals surface area contributed by atoms with E-state index in [0.717, 1.165) is 10.1 Å². The Morgan fingerprint density at radius 3 is 3.14 bits per heavy atom. The second-order valence-electron chi connectivity index (χ2n) is 3.78. The van der Waals surface area contributed by atoms with Gasteiger partial charge in [0.25, 0.3) is 0 Å². The average molecular weight is 352 g/mol. The molecule has 9 heteroatoms. The van der Waals surface area contributed by atoms with E-state index in [1.807, 2.05) is 11.4 Å². The number of thiophene rings is 1. The van der Waals surface area contributed by atoms with Crippen molar-refractivity contribution in [3.05, 3.63) is 34.2 Å². The number of anilines is 1. The molecular weight excluding hydrogens is 340 g/mol. The largest absolute Gasteiger partial charge is 0.462 e. The molecule has 0 saturated heterocycles. The van der Waals surface area contributed by atoms with Crippen molar-refractivity contribution in [1.29, 1.82) is 5.26 Å². The van der Waals surface area contributed by atoms with Crippen molar-refractivity contribution in [2.45, 2.75) is 17.0 Å². The summed E-state index contributed by atoms with van der Waals surface area (Å²) in [5.74, 6) is 0.184. The summed E-state index contributed by atoms with van der Waals surface area (Å²) in [5.41, 5.74) is -0.107. The van der Waals surface area contributed by atoms with E-state index in [2.05, 4.69) is 21.6 Å². The molecule has 2 aromatic heterocycles. The van der Waals surface area contributed by atoms with Crippen molar-refractivity contribution >= 4 is 45.5 Å². The molecule has 0 saturated carbocycles. The molecule has 0 aliphatic rings. The lowest BCUT2D eigenvalue weighted by Crippen LogP contribution is -2.07. The first-order valence-electron chi connectivity index (χ1n) is 6.25. The van der Waals surface area contributed by atoms with Crippen LogP contribution in [0.25, 0.3) is 0 Å². The molecule has 0 unspecified atom stereocenters. The summed E-state index contributed by atoms with van der Waals surface area (Å²) in [7, 11) is 0. The van der Waals surface area contributed by atoms with Crippen LogP contribution in [-0.4, -0.2) is 22.8 Å². The van der Waals surface area contributed by atoms with Gasteiger partial charge in [-0.1, -0.05) is 29.2 Å². The Labute approximate surface area is 139 Å². The van der Waals surface area contributed by atoms with E-state index in [-0.39, 0.29) is 12.2 Å². The zero-order valence-electron chi connectivity index (χ0n) is 11.6. The fourth-order valence-corrected chi connectivity index (χ4v) is 3.83. The Morgan fingerprint density at radius 1 is 1.59 bits per heavy atom. The van der Waals surface area contributed by atoms with Crippen molar-refractivity contribution < 1.29 is 9.53 Å². The second kappa shape index (κ2) is 8.53. The molecule has 0 aliphatic carbocycles. The highest BCUT2D eigenvalue weighted by Crippen LogP contribution is 2.29. The smallest absolute Gasteiger partial charge is 0.350 e. The number of rotatable bonds is 7. The van der Waals surface area contributed by atoms with Gasteiger partial charge in [-0.25, -0.2) is 4.79 Å². The van der Waals surface area contributed by atoms with Crippen LogP contribution in [0.2, 0.25) is 0 Å². The SMILES string of the molecule is CCOC(=O)/C(C#N)=C/Nc1nnc(SCc2cccs2)s1. The second-order valence-corrected chi connectivity index (χ2v) is 7.01. The van der Waals surface area contributed by atoms with Gasteiger partial charge >= 0.3 is 5.97 Å². The zero-order valence-corrected chi connectivity index (χ0v) is 14.1. The van der Waals surface area contributed by atoms with Crippen LogP contribution in [-0.2, 0) is 15.3 Å². The van der Waals surface area contributed by atoms with Crippen molar-refractivity contribution in [3.63, 3.8) is 0 Å². The van der Waals surface area contributed by atoms with Crippen LogP contribution in [0, 0.1) is 11.3 Å². The first-order chi connectivity index (χ1) is 10.7. The van der Waals surface area contributed by atoms with Gasteiger partial charge in [0.05, 0.1) is 6.61 Å². The summed E-state index contributed by atoms with van der Waals surface area (Å²) in [6.45, 7) is 1.91. The normalized spacial score (nSPS) is 11.0. The molecule has 2 aromatic rings. The topological polar surface area (TPSA) is 87.9 Å². The van der Waals surface area contributed by atoms with Crippen LogP contribution < -0.4 is 5.32 Å². The molecule has 0 spiro atoms. The van der Waals surface area contributed by atoms with Crippen molar-refractivity contribution in [3.8, 4) is 6.07 Å². The predicted octanol–water partition coefficient (Wildman–Crippen LogP) is 3.27. The molecule has 114 valence electrons. The van der Waals surface area contributed by atoms with Gasteiger partial charge in [0.15, 0.2) is 9.91 Å². The Kier molecular flexibility index (Phi) is 6.39. The summed E-state index contributed by atoms with van der Waals surface area (Å²) < 4.78 is 5.58. The molecule has 0 aliphatic heterocycles. The Bertz CT molecular complexity index is 688. The van der Waals surface area contributed by atoms with Gasteiger partial charge in [-0.15, -0.1) is 21.5 Å². The van der Waals surface area contributed by atoms with Gasteiger partial charge in [0, 0.05) is 16.8 Å². The predicted molar refractivity (Wildman–Crippen MR) is 87.7 cm³/mol. The summed E-state index contributed by atoms with van der Waals surface area (Å²) in [4.78, 5) is 12.7. The highest BCUT2D eigenvalue weighted by Gasteiger charge is 2.10. The fourth-order valence-electron chi connectivity index (χ4n) is 1.33. The number of nitrogens with zero attached hydrogens (tertiary/aromatic N) is 3. The summed E-state index contributed by atoms with van der Waals surface area (Å²) in [6, 6.07) is 5.86. The lowest BCUT2D eigenvalue weighted by atomic mass is 10.3. The molecule has 0 bridgehead atoms. The number of thioether (sulfide) groups is 1. The van der Waals surface area contributed by atoms with E-state index in [9.17, 15) is 4.79 Å². The minimum absolute atomic E-state index is 0.107. The Balaban J connectivity index is 1.91. The molecule has 0 amide bonds. The van der Waals surface area contributed by atoms with E-state index in [1.54, 1.807) is 36.1 Å². The number of carbonyl (C=O) groups is 1. The van der Waals surface area contributed by atoms with Crippen molar-refractivity contribution in [2.24, 2.45) is 0 Å². The minimum atomic E-state index is -0.658. The van der Waals surface area contributed by atoms with Crippen LogP contribution in [0.15, 0.2) is 33.6 Å². The fraction of sp³-hybridized carbons (Fsp3) is 0.231. The molecule has 0 fully saturated rings. The summed E-state index contributed by atoms with van der Waals surface area (Å²) in [5, 5.41) is 22.3. The monoisotopic (exact) mass is 352 g/mol. The van der Waals surface area contributed by atoms with Crippen LogP contribution in [0.1, 0.15) is 11.8 Å². The maximum Gasteiger partial charge on any atom is 0.350 e. The number of nitriles is 1. The maximum absolute atomic E-state index is 11.4. The molecule has 0 radical (unpaired) electrons. The standard InChI is InChI=1S/C13H12N4O2S3/c1-2-19-11(18)9(6-14)7-15-12-16-17-13(22-12)21-8-10-4-3-5-20-10/h3-5,7H,2,8H2,1H3,(H,15,16)/b9-7+. The Hall–Kier alpha value is -1.89. The Morgan fingerprint density at radius 2 is 2.45 bits per heavy atom. The van der Waals surface area contributed by atoms with E-state index >= 15 is 0 Å². The lowest BCUT2D eigenvalue weighted by molar-refractivity contribution is -0.138. The molecule has 1 N–H and O–H groups in total. The first-order valence-corrected chi connectivity index (χ1v) is 8.93. The highest BCUT2D eigenvalue weighted by molar-refractivity contribution is 8.00. The van der Waals surface area contributed by atoms with E-state index in [1.165, 1.54) is 22.4 Å². The van der Waals surface area contributed by atoms with Crippen molar-refractivity contribution in [1.82, 2.24) is 10.2 Å². The molecular formula is C13H12N4O2S3. The third kappa shape index (κ3) is 4.84. The summed E-state index contributed by atoms with van der Waals surface area (Å²) >= 11 is 4.65. The highest BCUT2D eigenvalue weighted by atomic mass is 32.2. The van der Waals surface area contributed by atoms with E-state index in [4.69, 9.17) is 10.00 Å². The molecule has 22 heavy (non-hydrogen) atoms. The third-order valence-corrected chi connectivity index (χ3v) is 5.38. The molecule has 2 rings (SSSR count). The molecule has 2 heterocycles. The number of hydrogen-bond acceptors (Lipinski definition) is 9. The number of hydrogen-bond donors (Lipinski definition) is 1. The minimum Gasteiger partial charge on any atom is -0.462 e. The van der Waals surface area contributed by atoms with Gasteiger partial charge in [0.1, 0.15) is 6.07 Å². The van der Waals surface area contributed by atoms with Gasteiger partial charge < -0.3 is 10.1 Å². The summed E-state index contributed by atoms with van der Waals surface area (Å²) in [6.07, 6.45) is 1.28. The van der Waals surface area contributed by atoms with E-state index in [0.29, 0.717) is 5.13 Å². The van der Waals surface area contributed by atoms with Gasteiger partial charge in [-0.3, -0.25) is 0 Å².